The van der Waals surface area contributed by atoms with Gasteiger partial charge < -0.3 is 5.73 Å². The Morgan fingerprint density at radius 1 is 1.29 bits per heavy atom. The van der Waals surface area contributed by atoms with Crippen LogP contribution in [0.25, 0.3) is 0 Å². The average molecular weight is 314 g/mol. The molecule has 0 bridgehead atoms. The molecular weight excluding hydrogens is 301 g/mol. The first-order valence-electron chi connectivity index (χ1n) is 5.31. The topological polar surface area (TPSA) is 26.0 Å². The van der Waals surface area contributed by atoms with E-state index in [1.165, 1.54) is 0 Å². The van der Waals surface area contributed by atoms with E-state index in [0.717, 1.165) is 9.35 Å². The van der Waals surface area contributed by atoms with Crippen molar-refractivity contribution in [3.05, 3.63) is 56.7 Å². The van der Waals surface area contributed by atoms with Crippen LogP contribution in [0.3, 0.4) is 0 Å². The van der Waals surface area contributed by atoms with Gasteiger partial charge in [0, 0.05) is 27.7 Å². The van der Waals surface area contributed by atoms with Crippen LogP contribution >= 0.6 is 27.3 Å². The van der Waals surface area contributed by atoms with Crippen molar-refractivity contribution in [3.63, 3.8) is 0 Å². The van der Waals surface area contributed by atoms with Crippen molar-refractivity contribution >= 4 is 27.3 Å². The van der Waals surface area contributed by atoms with Crippen LogP contribution in [0.4, 0.5) is 4.39 Å². The van der Waals surface area contributed by atoms with E-state index >= 15 is 0 Å². The molecule has 0 saturated heterocycles. The molecule has 0 amide bonds. The Hall–Kier alpha value is -0.710. The number of hydrogen-bond acceptors (Lipinski definition) is 2. The molecule has 0 fully saturated rings. The van der Waals surface area contributed by atoms with Crippen molar-refractivity contribution in [2.75, 3.05) is 6.54 Å². The molecule has 0 radical (unpaired) electrons. The third-order valence-corrected chi connectivity index (χ3v) is 4.39. The molecule has 4 heteroatoms. The van der Waals surface area contributed by atoms with E-state index in [0.29, 0.717) is 12.0 Å². The molecule has 0 aliphatic carbocycles. The first kappa shape index (κ1) is 12.7. The predicted octanol–water partition coefficient (Wildman–Crippen LogP) is 3.88. The van der Waals surface area contributed by atoms with Gasteiger partial charge in [0.05, 0.1) is 0 Å². The van der Waals surface area contributed by atoms with E-state index in [1.54, 1.807) is 23.5 Å². The maximum atomic E-state index is 14.8. The highest BCUT2D eigenvalue weighted by Gasteiger charge is 2.31. The lowest BCUT2D eigenvalue weighted by molar-refractivity contribution is 0.176. The Labute approximate surface area is 113 Å². The van der Waals surface area contributed by atoms with Crippen LogP contribution < -0.4 is 5.73 Å². The standard InChI is InChI=1S/C13H13BrFNS/c14-11-6-12(17-8-11)7-13(15,9-16)10-4-2-1-3-5-10/h1-6,8H,7,9,16H2. The maximum absolute atomic E-state index is 14.8. The van der Waals surface area contributed by atoms with Gasteiger partial charge in [-0.2, -0.15) is 0 Å². The minimum absolute atomic E-state index is 0.00741. The van der Waals surface area contributed by atoms with Gasteiger partial charge in [0.1, 0.15) is 0 Å². The zero-order chi connectivity index (χ0) is 12.3. The van der Waals surface area contributed by atoms with Crippen molar-refractivity contribution in [2.45, 2.75) is 12.1 Å². The summed E-state index contributed by atoms with van der Waals surface area (Å²) >= 11 is 4.92. The monoisotopic (exact) mass is 313 g/mol. The van der Waals surface area contributed by atoms with Gasteiger partial charge in [-0.05, 0) is 27.6 Å². The molecule has 0 aliphatic rings. The molecule has 90 valence electrons. The molecule has 2 N–H and O–H groups in total. The Morgan fingerprint density at radius 3 is 2.53 bits per heavy atom. The van der Waals surface area contributed by atoms with Crippen molar-refractivity contribution in [3.8, 4) is 0 Å². The molecule has 0 aliphatic heterocycles. The van der Waals surface area contributed by atoms with Gasteiger partial charge in [0.2, 0.25) is 0 Å². The summed E-state index contributed by atoms with van der Waals surface area (Å²) in [4.78, 5) is 0.994. The van der Waals surface area contributed by atoms with Crippen molar-refractivity contribution in [2.24, 2.45) is 5.73 Å². The molecule has 2 aromatic rings. The quantitative estimate of drug-likeness (QED) is 0.911. The van der Waals surface area contributed by atoms with Crippen LogP contribution in [0.15, 0.2) is 46.3 Å². The van der Waals surface area contributed by atoms with E-state index in [9.17, 15) is 4.39 Å². The van der Waals surface area contributed by atoms with Gasteiger partial charge in [0.25, 0.3) is 0 Å². The SMILES string of the molecule is NCC(F)(Cc1cc(Br)cs1)c1ccccc1. The number of rotatable bonds is 4. The molecular formula is C13H13BrFNS. The van der Waals surface area contributed by atoms with Gasteiger partial charge in [0.15, 0.2) is 5.67 Å². The zero-order valence-electron chi connectivity index (χ0n) is 9.20. The highest BCUT2D eigenvalue weighted by Crippen LogP contribution is 2.32. The molecule has 1 atom stereocenters. The second-order valence-electron chi connectivity index (χ2n) is 3.94. The summed E-state index contributed by atoms with van der Waals surface area (Å²) in [6.45, 7) is -0.00741. The zero-order valence-corrected chi connectivity index (χ0v) is 11.6. The lowest BCUT2D eigenvalue weighted by Gasteiger charge is -2.23. The predicted molar refractivity (Wildman–Crippen MR) is 74.0 cm³/mol. The number of hydrogen-bond donors (Lipinski definition) is 1. The summed E-state index contributed by atoms with van der Waals surface area (Å²) in [7, 11) is 0. The van der Waals surface area contributed by atoms with E-state index in [2.05, 4.69) is 15.9 Å². The summed E-state index contributed by atoms with van der Waals surface area (Å²) in [5, 5.41) is 1.96. The number of benzene rings is 1. The smallest absolute Gasteiger partial charge is 0.152 e. The first-order chi connectivity index (χ1) is 8.14. The fourth-order valence-electron chi connectivity index (χ4n) is 1.75. The molecule has 1 nitrogen and oxygen atoms in total. The lowest BCUT2D eigenvalue weighted by Crippen LogP contribution is -2.32. The third kappa shape index (κ3) is 2.94. The van der Waals surface area contributed by atoms with E-state index in [1.807, 2.05) is 29.6 Å². The fourth-order valence-corrected chi connectivity index (χ4v) is 3.30. The number of thiophene rings is 1. The Bertz CT molecular complexity index is 485. The summed E-state index contributed by atoms with van der Waals surface area (Å²) in [5.74, 6) is 0. The number of nitrogens with two attached hydrogens (primary N) is 1. The van der Waals surface area contributed by atoms with Crippen LogP contribution in [0.1, 0.15) is 10.4 Å². The van der Waals surface area contributed by atoms with E-state index in [-0.39, 0.29) is 6.54 Å². The second kappa shape index (κ2) is 5.29. The van der Waals surface area contributed by atoms with Crippen LogP contribution in [0.5, 0.6) is 0 Å². The van der Waals surface area contributed by atoms with Crippen LogP contribution in [0, 0.1) is 0 Å². The number of alkyl halides is 1. The van der Waals surface area contributed by atoms with Gasteiger partial charge >= 0.3 is 0 Å². The Morgan fingerprint density at radius 2 is 2.00 bits per heavy atom. The molecule has 2 rings (SSSR count). The molecule has 1 heterocycles. The Balaban J connectivity index is 2.26. The molecule has 0 spiro atoms. The van der Waals surface area contributed by atoms with Gasteiger partial charge in [-0.15, -0.1) is 11.3 Å². The normalized spacial score (nSPS) is 14.5. The van der Waals surface area contributed by atoms with Gasteiger partial charge in [-0.25, -0.2) is 4.39 Å². The van der Waals surface area contributed by atoms with Gasteiger partial charge in [-0.3, -0.25) is 0 Å². The highest BCUT2D eigenvalue weighted by molar-refractivity contribution is 9.10. The minimum Gasteiger partial charge on any atom is -0.327 e. The second-order valence-corrected chi connectivity index (χ2v) is 5.85. The molecule has 0 saturated carbocycles. The minimum atomic E-state index is -1.48. The maximum Gasteiger partial charge on any atom is 0.152 e. The van der Waals surface area contributed by atoms with Crippen molar-refractivity contribution in [1.29, 1.82) is 0 Å². The average Bonchev–Trinajstić information content (AvgIpc) is 2.75. The van der Waals surface area contributed by atoms with E-state index in [4.69, 9.17) is 5.73 Å². The van der Waals surface area contributed by atoms with Crippen molar-refractivity contribution in [1.82, 2.24) is 0 Å². The molecule has 1 unspecified atom stereocenters. The fraction of sp³-hybridized carbons (Fsp3) is 0.231. The highest BCUT2D eigenvalue weighted by atomic mass is 79.9. The first-order valence-corrected chi connectivity index (χ1v) is 6.99. The summed E-state index contributed by atoms with van der Waals surface area (Å²) < 4.78 is 15.8. The summed E-state index contributed by atoms with van der Waals surface area (Å²) in [6.07, 6.45) is 0.323. The molecule has 1 aromatic carbocycles. The van der Waals surface area contributed by atoms with Gasteiger partial charge in [-0.1, -0.05) is 30.3 Å². The molecule has 17 heavy (non-hydrogen) atoms. The number of halogens is 2. The summed E-state index contributed by atoms with van der Waals surface area (Å²) in [5.41, 5.74) is 4.78. The lowest BCUT2D eigenvalue weighted by atomic mass is 9.92. The third-order valence-electron chi connectivity index (χ3n) is 2.69. The van der Waals surface area contributed by atoms with Crippen LogP contribution in [-0.2, 0) is 12.1 Å². The van der Waals surface area contributed by atoms with E-state index < -0.39 is 5.67 Å². The summed E-state index contributed by atoms with van der Waals surface area (Å²) in [6, 6.07) is 11.1. The Kier molecular flexibility index (Phi) is 3.97. The van der Waals surface area contributed by atoms with Crippen LogP contribution in [0.2, 0.25) is 0 Å². The molecule has 1 aromatic heterocycles. The van der Waals surface area contributed by atoms with Crippen LogP contribution in [-0.4, -0.2) is 6.54 Å². The van der Waals surface area contributed by atoms with Crippen molar-refractivity contribution < 1.29 is 4.39 Å². The largest absolute Gasteiger partial charge is 0.327 e.